The topological polar surface area (TPSA) is 52.6 Å². The van der Waals surface area contributed by atoms with Crippen molar-refractivity contribution in [3.05, 3.63) is 96.1 Å². The largest absolute Gasteiger partial charge is 0.422 e. The van der Waals surface area contributed by atoms with Crippen LogP contribution in [0.25, 0.3) is 21.5 Å². The standard InChI is InChI=1S/C26H20O4/c1-17-11-13-19-7-3-5-9-21(19)25(17)29-23(27)15-16-24(28)30-26-18(2)12-14-20-8-4-6-10-22(20)26/h3-16H,1-2H3/b16-15+. The molecule has 0 heterocycles. The Morgan fingerprint density at radius 2 is 1.00 bits per heavy atom. The molecule has 30 heavy (non-hydrogen) atoms. The molecule has 0 amide bonds. The fourth-order valence-corrected chi connectivity index (χ4v) is 3.38. The first-order chi connectivity index (χ1) is 14.5. The summed E-state index contributed by atoms with van der Waals surface area (Å²) in [5.41, 5.74) is 1.67. The van der Waals surface area contributed by atoms with Crippen LogP contribution < -0.4 is 9.47 Å². The van der Waals surface area contributed by atoms with Gasteiger partial charge in [-0.05, 0) is 35.7 Å². The quantitative estimate of drug-likeness (QED) is 0.253. The number of ether oxygens (including phenoxy) is 2. The SMILES string of the molecule is Cc1ccc2ccccc2c1OC(=O)/C=C/C(=O)Oc1c(C)ccc2ccccc12. The minimum absolute atomic E-state index is 0.487. The third-order valence-electron chi connectivity index (χ3n) is 4.91. The Balaban J connectivity index is 1.51. The predicted octanol–water partition coefficient (Wildman–Crippen LogP) is 5.68. The predicted molar refractivity (Wildman–Crippen MR) is 118 cm³/mol. The van der Waals surface area contributed by atoms with Crippen molar-refractivity contribution >= 4 is 33.5 Å². The average molecular weight is 396 g/mol. The number of fused-ring (bicyclic) bond motifs is 2. The van der Waals surface area contributed by atoms with E-state index in [1.54, 1.807) is 0 Å². The molecule has 0 aromatic heterocycles. The fraction of sp³-hybridized carbons (Fsp3) is 0.0769. The van der Waals surface area contributed by atoms with Gasteiger partial charge in [0.1, 0.15) is 11.5 Å². The highest BCUT2D eigenvalue weighted by molar-refractivity contribution is 5.98. The van der Waals surface area contributed by atoms with E-state index in [9.17, 15) is 9.59 Å². The molecule has 148 valence electrons. The van der Waals surface area contributed by atoms with E-state index in [0.29, 0.717) is 11.5 Å². The smallest absolute Gasteiger partial charge is 0.336 e. The van der Waals surface area contributed by atoms with E-state index in [-0.39, 0.29) is 0 Å². The van der Waals surface area contributed by atoms with E-state index in [1.807, 2.05) is 86.6 Å². The van der Waals surface area contributed by atoms with Crippen molar-refractivity contribution in [1.82, 2.24) is 0 Å². The lowest BCUT2D eigenvalue weighted by atomic mass is 10.1. The molecule has 0 atom stereocenters. The Morgan fingerprint density at radius 1 is 0.600 bits per heavy atom. The summed E-state index contributed by atoms with van der Waals surface area (Å²) in [6.45, 7) is 3.74. The molecule has 0 fully saturated rings. The zero-order chi connectivity index (χ0) is 21.1. The second-order valence-corrected chi connectivity index (χ2v) is 7.04. The number of hydrogen-bond acceptors (Lipinski definition) is 4. The highest BCUT2D eigenvalue weighted by Crippen LogP contribution is 2.30. The summed E-state index contributed by atoms with van der Waals surface area (Å²) in [6.07, 6.45) is 2.17. The van der Waals surface area contributed by atoms with Gasteiger partial charge in [-0.3, -0.25) is 0 Å². The minimum Gasteiger partial charge on any atom is -0.422 e. The third-order valence-corrected chi connectivity index (χ3v) is 4.91. The second-order valence-electron chi connectivity index (χ2n) is 7.04. The summed E-state index contributed by atoms with van der Waals surface area (Å²) in [7, 11) is 0. The second kappa shape index (κ2) is 8.21. The highest BCUT2D eigenvalue weighted by atomic mass is 16.5. The van der Waals surface area contributed by atoms with Crippen LogP contribution in [0.4, 0.5) is 0 Å². The Bertz CT molecular complexity index is 1200. The van der Waals surface area contributed by atoms with Gasteiger partial charge in [-0.15, -0.1) is 0 Å². The molecule has 0 radical (unpaired) electrons. The van der Waals surface area contributed by atoms with Crippen molar-refractivity contribution in [2.24, 2.45) is 0 Å². The molecule has 0 spiro atoms. The number of aryl methyl sites for hydroxylation is 2. The molecule has 0 saturated heterocycles. The van der Waals surface area contributed by atoms with Gasteiger partial charge in [0.05, 0.1) is 0 Å². The van der Waals surface area contributed by atoms with Crippen molar-refractivity contribution in [2.45, 2.75) is 13.8 Å². The van der Waals surface area contributed by atoms with Gasteiger partial charge in [-0.25, -0.2) is 9.59 Å². The molecule has 0 N–H and O–H groups in total. The van der Waals surface area contributed by atoms with E-state index < -0.39 is 11.9 Å². The Hall–Kier alpha value is -3.92. The van der Waals surface area contributed by atoms with E-state index in [2.05, 4.69) is 0 Å². The van der Waals surface area contributed by atoms with E-state index in [1.165, 1.54) is 0 Å². The van der Waals surface area contributed by atoms with E-state index >= 15 is 0 Å². The van der Waals surface area contributed by atoms with Gasteiger partial charge in [-0.1, -0.05) is 72.8 Å². The van der Waals surface area contributed by atoms with Gasteiger partial charge in [0.2, 0.25) is 0 Å². The molecule has 0 aliphatic heterocycles. The summed E-state index contributed by atoms with van der Waals surface area (Å²) in [5, 5.41) is 3.63. The molecule has 0 saturated carbocycles. The fourth-order valence-electron chi connectivity index (χ4n) is 3.38. The summed E-state index contributed by atoms with van der Waals surface area (Å²) in [6, 6.07) is 23.1. The number of carbonyl (C=O) groups is 2. The van der Waals surface area contributed by atoms with Crippen LogP contribution in [-0.2, 0) is 9.59 Å². The maximum absolute atomic E-state index is 12.3. The first-order valence-corrected chi connectivity index (χ1v) is 9.61. The highest BCUT2D eigenvalue weighted by Gasteiger charge is 2.12. The summed E-state index contributed by atoms with van der Waals surface area (Å²) < 4.78 is 11.0. The molecule has 4 aromatic rings. The maximum atomic E-state index is 12.3. The van der Waals surface area contributed by atoms with E-state index in [4.69, 9.17) is 9.47 Å². The van der Waals surface area contributed by atoms with Crippen molar-refractivity contribution < 1.29 is 19.1 Å². The molecule has 4 rings (SSSR count). The monoisotopic (exact) mass is 396 g/mol. The van der Waals surface area contributed by atoms with E-state index in [0.717, 1.165) is 44.8 Å². The normalized spacial score (nSPS) is 11.1. The average Bonchev–Trinajstić information content (AvgIpc) is 2.76. The Labute approximate surface area is 174 Å². The molecule has 0 unspecified atom stereocenters. The lowest BCUT2D eigenvalue weighted by Crippen LogP contribution is -2.09. The van der Waals surface area contributed by atoms with Gasteiger partial charge in [0.25, 0.3) is 0 Å². The van der Waals surface area contributed by atoms with Crippen molar-refractivity contribution in [3.63, 3.8) is 0 Å². The number of benzene rings is 4. The van der Waals surface area contributed by atoms with Crippen LogP contribution in [-0.4, -0.2) is 11.9 Å². The van der Waals surface area contributed by atoms with Crippen LogP contribution in [0.2, 0.25) is 0 Å². The third kappa shape index (κ3) is 3.94. The van der Waals surface area contributed by atoms with Gasteiger partial charge >= 0.3 is 11.9 Å². The maximum Gasteiger partial charge on any atom is 0.336 e. The van der Waals surface area contributed by atoms with Crippen molar-refractivity contribution in [1.29, 1.82) is 0 Å². The van der Waals surface area contributed by atoms with Crippen LogP contribution in [0.5, 0.6) is 11.5 Å². The van der Waals surface area contributed by atoms with Crippen LogP contribution in [0, 0.1) is 13.8 Å². The van der Waals surface area contributed by atoms with Crippen molar-refractivity contribution in [2.75, 3.05) is 0 Å². The van der Waals surface area contributed by atoms with Gasteiger partial charge < -0.3 is 9.47 Å². The van der Waals surface area contributed by atoms with Gasteiger partial charge in [-0.2, -0.15) is 0 Å². The lowest BCUT2D eigenvalue weighted by molar-refractivity contribution is -0.131. The number of carbonyl (C=O) groups excluding carboxylic acids is 2. The van der Waals surface area contributed by atoms with Crippen LogP contribution in [0.3, 0.4) is 0 Å². The summed E-state index contributed by atoms with van der Waals surface area (Å²) in [5.74, 6) is -0.302. The molecule has 0 aliphatic carbocycles. The first kappa shape index (κ1) is 19.4. The number of rotatable bonds is 4. The molecule has 4 aromatic carbocycles. The van der Waals surface area contributed by atoms with Crippen LogP contribution >= 0.6 is 0 Å². The van der Waals surface area contributed by atoms with Gasteiger partial charge in [0.15, 0.2) is 0 Å². The van der Waals surface area contributed by atoms with Crippen molar-refractivity contribution in [3.8, 4) is 11.5 Å². The number of esters is 2. The number of hydrogen-bond donors (Lipinski definition) is 0. The van der Waals surface area contributed by atoms with Crippen LogP contribution in [0.15, 0.2) is 84.9 Å². The zero-order valence-corrected chi connectivity index (χ0v) is 16.7. The molecule has 0 aliphatic rings. The molecular formula is C26H20O4. The summed E-state index contributed by atoms with van der Waals surface area (Å²) >= 11 is 0. The molecule has 4 nitrogen and oxygen atoms in total. The minimum atomic E-state index is -0.638. The van der Waals surface area contributed by atoms with Crippen LogP contribution in [0.1, 0.15) is 11.1 Å². The molecule has 0 bridgehead atoms. The first-order valence-electron chi connectivity index (χ1n) is 9.61. The Kier molecular flexibility index (Phi) is 5.31. The lowest BCUT2D eigenvalue weighted by Gasteiger charge is -2.10. The zero-order valence-electron chi connectivity index (χ0n) is 16.7. The summed E-state index contributed by atoms with van der Waals surface area (Å²) in [4.78, 5) is 24.7. The molecule has 4 heteroatoms. The van der Waals surface area contributed by atoms with Gasteiger partial charge in [0, 0.05) is 22.9 Å². The molecular weight excluding hydrogens is 376 g/mol. The Morgan fingerprint density at radius 3 is 1.43 bits per heavy atom.